The fraction of sp³-hybridized carbons (Fsp3) is 0.348. The molecule has 29 heavy (non-hydrogen) atoms. The van der Waals surface area contributed by atoms with Crippen LogP contribution in [0.25, 0.3) is 0 Å². The first-order chi connectivity index (χ1) is 13.7. The average molecular weight is 414 g/mol. The van der Waals surface area contributed by atoms with Gasteiger partial charge in [-0.1, -0.05) is 45.0 Å². The molecule has 0 aliphatic heterocycles. The summed E-state index contributed by atoms with van der Waals surface area (Å²) in [5.41, 5.74) is 2.20. The van der Waals surface area contributed by atoms with Crippen molar-refractivity contribution in [2.45, 2.75) is 37.5 Å². The summed E-state index contributed by atoms with van der Waals surface area (Å²) in [5.74, 6) is -1.03. The van der Waals surface area contributed by atoms with Crippen molar-refractivity contribution in [3.8, 4) is 0 Å². The Labute approximate surface area is 176 Å². The molecule has 0 spiro atoms. The van der Waals surface area contributed by atoms with Gasteiger partial charge in [0.05, 0.1) is 6.42 Å². The van der Waals surface area contributed by atoms with Crippen LogP contribution in [-0.2, 0) is 14.9 Å². The molecule has 0 aliphatic carbocycles. The molecule has 0 atom stereocenters. The molecule has 0 fully saturated rings. The molecule has 0 unspecified atom stereocenters. The Morgan fingerprint density at radius 1 is 0.931 bits per heavy atom. The van der Waals surface area contributed by atoms with Crippen LogP contribution in [0.4, 0.5) is 0 Å². The van der Waals surface area contributed by atoms with Crippen molar-refractivity contribution in [1.29, 1.82) is 0 Å². The first-order valence-electron chi connectivity index (χ1n) is 9.42. The number of nitrogens with one attached hydrogen (secondary N) is 1. The Balaban J connectivity index is 1.73. The molecule has 1 N–H and O–H groups in total. The van der Waals surface area contributed by atoms with E-state index in [2.05, 4.69) is 26.1 Å². The molecule has 2 aromatic carbocycles. The van der Waals surface area contributed by atoms with Gasteiger partial charge in [-0.05, 0) is 41.5 Å². The minimum Gasteiger partial charge on any atom is -0.457 e. The number of thioether (sulfide) groups is 1. The summed E-state index contributed by atoms with van der Waals surface area (Å²) >= 11 is 1.59. The van der Waals surface area contributed by atoms with E-state index in [1.165, 1.54) is 0 Å². The van der Waals surface area contributed by atoms with Gasteiger partial charge in [0.2, 0.25) is 0 Å². The lowest BCUT2D eigenvalue weighted by molar-refractivity contribution is -0.142. The van der Waals surface area contributed by atoms with Crippen molar-refractivity contribution in [3.05, 3.63) is 65.2 Å². The first kappa shape index (κ1) is 22.7. The van der Waals surface area contributed by atoms with E-state index in [0.29, 0.717) is 11.1 Å². The predicted octanol–water partition coefficient (Wildman–Crippen LogP) is 4.25. The van der Waals surface area contributed by atoms with Crippen LogP contribution in [0.1, 0.15) is 53.5 Å². The summed E-state index contributed by atoms with van der Waals surface area (Å²) in [4.78, 5) is 37.1. The second-order valence-corrected chi connectivity index (χ2v) is 8.53. The maximum absolute atomic E-state index is 12.2. The van der Waals surface area contributed by atoms with Crippen molar-refractivity contribution >= 4 is 29.4 Å². The number of hydrogen-bond donors (Lipinski definition) is 1. The number of ketones is 1. The van der Waals surface area contributed by atoms with Gasteiger partial charge in [0.25, 0.3) is 5.91 Å². The van der Waals surface area contributed by atoms with E-state index in [1.807, 2.05) is 30.5 Å². The normalized spacial score (nSPS) is 11.0. The number of hydrogen-bond acceptors (Lipinski definition) is 5. The third-order valence-corrected chi connectivity index (χ3v) is 5.15. The van der Waals surface area contributed by atoms with Crippen molar-refractivity contribution in [2.75, 3.05) is 19.4 Å². The minimum absolute atomic E-state index is 0.00447. The van der Waals surface area contributed by atoms with Gasteiger partial charge < -0.3 is 10.1 Å². The van der Waals surface area contributed by atoms with E-state index in [9.17, 15) is 14.4 Å². The quantitative estimate of drug-likeness (QED) is 0.398. The topological polar surface area (TPSA) is 72.5 Å². The number of carbonyl (C=O) groups is 3. The summed E-state index contributed by atoms with van der Waals surface area (Å²) in [7, 11) is 0. The number of carbonyl (C=O) groups excluding carboxylic acids is 3. The van der Waals surface area contributed by atoms with Crippen LogP contribution in [-0.4, -0.2) is 37.1 Å². The molecule has 0 heterocycles. The molecule has 0 aliphatic rings. The Morgan fingerprint density at radius 3 is 2.07 bits per heavy atom. The highest BCUT2D eigenvalue weighted by atomic mass is 32.2. The third-order valence-electron chi connectivity index (χ3n) is 4.40. The van der Waals surface area contributed by atoms with Crippen LogP contribution in [0.15, 0.2) is 53.4 Å². The largest absolute Gasteiger partial charge is 0.457 e. The first-order valence-corrected chi connectivity index (χ1v) is 10.6. The molecule has 0 bridgehead atoms. The van der Waals surface area contributed by atoms with E-state index in [-0.39, 0.29) is 36.7 Å². The highest BCUT2D eigenvalue weighted by Crippen LogP contribution is 2.22. The van der Waals surface area contributed by atoms with Crippen molar-refractivity contribution in [3.63, 3.8) is 0 Å². The van der Waals surface area contributed by atoms with Gasteiger partial charge in [-0.25, -0.2) is 0 Å². The monoisotopic (exact) mass is 413 g/mol. The van der Waals surface area contributed by atoms with Gasteiger partial charge in [0, 0.05) is 22.6 Å². The molecule has 154 valence electrons. The third kappa shape index (κ3) is 7.06. The van der Waals surface area contributed by atoms with E-state index in [0.717, 1.165) is 10.5 Å². The summed E-state index contributed by atoms with van der Waals surface area (Å²) in [6.07, 6.45) is 1.96. The molecule has 5 nitrogen and oxygen atoms in total. The smallest absolute Gasteiger partial charge is 0.308 e. The Kier molecular flexibility index (Phi) is 8.02. The molecule has 2 aromatic rings. The number of rotatable bonds is 8. The zero-order valence-electron chi connectivity index (χ0n) is 17.3. The predicted molar refractivity (Wildman–Crippen MR) is 116 cm³/mol. The van der Waals surface area contributed by atoms with E-state index in [4.69, 9.17) is 4.74 Å². The number of amides is 1. The number of ether oxygens (including phenoxy) is 1. The van der Waals surface area contributed by atoms with Gasteiger partial charge >= 0.3 is 5.97 Å². The Hall–Kier alpha value is -2.60. The molecule has 0 radical (unpaired) electrons. The fourth-order valence-corrected chi connectivity index (χ4v) is 2.99. The molecule has 0 saturated heterocycles. The van der Waals surface area contributed by atoms with E-state index >= 15 is 0 Å². The Bertz CT molecular complexity index is 852. The van der Waals surface area contributed by atoms with Crippen LogP contribution < -0.4 is 5.32 Å². The van der Waals surface area contributed by atoms with Crippen LogP contribution in [0.3, 0.4) is 0 Å². The number of Topliss-reactive ketones (excluding diaryl/α,β-unsaturated/α-hetero) is 1. The molecule has 1 amide bonds. The summed E-state index contributed by atoms with van der Waals surface area (Å²) in [6.45, 7) is 6.17. The van der Waals surface area contributed by atoms with E-state index in [1.54, 1.807) is 36.0 Å². The summed E-state index contributed by atoms with van der Waals surface area (Å²) in [6, 6.07) is 14.5. The van der Waals surface area contributed by atoms with Crippen LogP contribution in [0, 0.1) is 0 Å². The SMILES string of the molecule is CSc1ccc(C(=O)COC(=O)CCNC(=O)c2ccc(C(C)(C)C)cc2)cc1. The fourth-order valence-electron chi connectivity index (χ4n) is 2.58. The number of benzene rings is 2. The molecular formula is C23H27NO4S. The second kappa shape index (κ2) is 10.3. The van der Waals surface area contributed by atoms with Gasteiger partial charge in [-0.15, -0.1) is 11.8 Å². The van der Waals surface area contributed by atoms with Crippen LogP contribution in [0.5, 0.6) is 0 Å². The lowest BCUT2D eigenvalue weighted by atomic mass is 9.87. The van der Waals surface area contributed by atoms with Gasteiger partial charge in [0.1, 0.15) is 0 Å². The zero-order chi connectivity index (χ0) is 21.4. The van der Waals surface area contributed by atoms with Crippen LogP contribution in [0.2, 0.25) is 0 Å². The molecule has 6 heteroatoms. The second-order valence-electron chi connectivity index (χ2n) is 7.65. The lowest BCUT2D eigenvalue weighted by Crippen LogP contribution is -2.27. The maximum Gasteiger partial charge on any atom is 0.308 e. The van der Waals surface area contributed by atoms with Crippen molar-refractivity contribution < 1.29 is 19.1 Å². The van der Waals surface area contributed by atoms with Gasteiger partial charge in [0.15, 0.2) is 12.4 Å². The van der Waals surface area contributed by atoms with Gasteiger partial charge in [-0.2, -0.15) is 0 Å². The molecule has 0 aromatic heterocycles. The highest BCUT2D eigenvalue weighted by molar-refractivity contribution is 7.98. The summed E-state index contributed by atoms with van der Waals surface area (Å²) < 4.78 is 5.01. The highest BCUT2D eigenvalue weighted by Gasteiger charge is 2.15. The maximum atomic E-state index is 12.2. The standard InChI is InChI=1S/C23H27NO4S/c1-23(2,3)18-9-5-17(6-10-18)22(27)24-14-13-21(26)28-15-20(25)16-7-11-19(29-4)12-8-16/h5-12H,13-15H2,1-4H3,(H,24,27). The lowest BCUT2D eigenvalue weighted by Gasteiger charge is -2.19. The number of esters is 1. The average Bonchev–Trinajstić information content (AvgIpc) is 2.71. The van der Waals surface area contributed by atoms with Crippen molar-refractivity contribution in [1.82, 2.24) is 5.32 Å². The van der Waals surface area contributed by atoms with E-state index < -0.39 is 5.97 Å². The molecule has 2 rings (SSSR count). The molecular weight excluding hydrogens is 386 g/mol. The Morgan fingerprint density at radius 2 is 1.52 bits per heavy atom. The van der Waals surface area contributed by atoms with Gasteiger partial charge in [-0.3, -0.25) is 14.4 Å². The molecule has 0 saturated carbocycles. The van der Waals surface area contributed by atoms with Crippen molar-refractivity contribution in [2.24, 2.45) is 0 Å². The minimum atomic E-state index is -0.525. The summed E-state index contributed by atoms with van der Waals surface area (Å²) in [5, 5.41) is 2.69. The van der Waals surface area contributed by atoms with Crippen LogP contribution >= 0.6 is 11.8 Å². The zero-order valence-corrected chi connectivity index (χ0v) is 18.1.